The molecule has 1 aromatic carbocycles. The summed E-state index contributed by atoms with van der Waals surface area (Å²) in [6.45, 7) is 11.3. The van der Waals surface area contributed by atoms with Crippen molar-refractivity contribution in [1.82, 2.24) is 20.4 Å². The summed E-state index contributed by atoms with van der Waals surface area (Å²) in [6, 6.07) is 8.79. The maximum atomic E-state index is 12.2. The molecule has 2 N–H and O–H groups in total. The zero-order valence-electron chi connectivity index (χ0n) is 18.5. The fourth-order valence-electron chi connectivity index (χ4n) is 4.19. The summed E-state index contributed by atoms with van der Waals surface area (Å²) >= 11 is 0. The molecule has 168 valence electrons. The van der Waals surface area contributed by atoms with E-state index in [0.29, 0.717) is 19.0 Å². The Morgan fingerprint density at radius 2 is 1.77 bits per heavy atom. The monoisotopic (exact) mass is 527 g/mol. The van der Waals surface area contributed by atoms with Crippen molar-refractivity contribution in [3.63, 3.8) is 0 Å². The molecule has 0 spiro atoms. The number of amides is 1. The fraction of sp³-hybridized carbons (Fsp3) is 0.652. The lowest BCUT2D eigenvalue weighted by Crippen LogP contribution is -2.44. The van der Waals surface area contributed by atoms with E-state index >= 15 is 0 Å². The number of hydrogen-bond donors (Lipinski definition) is 2. The normalized spacial score (nSPS) is 20.0. The van der Waals surface area contributed by atoms with Crippen LogP contribution in [0.25, 0.3) is 0 Å². The molecule has 6 nitrogen and oxygen atoms in total. The highest BCUT2D eigenvalue weighted by atomic mass is 127. The topological polar surface area (TPSA) is 60.0 Å². The van der Waals surface area contributed by atoms with Gasteiger partial charge >= 0.3 is 0 Å². The number of nitrogens with one attached hydrogen (secondary N) is 2. The van der Waals surface area contributed by atoms with Crippen LogP contribution < -0.4 is 10.6 Å². The number of piperidine rings is 1. The van der Waals surface area contributed by atoms with Gasteiger partial charge < -0.3 is 15.5 Å². The van der Waals surface area contributed by atoms with E-state index in [9.17, 15) is 4.79 Å². The number of benzene rings is 1. The Balaban J connectivity index is 0.00000320. The van der Waals surface area contributed by atoms with Gasteiger partial charge in [0.2, 0.25) is 5.91 Å². The molecule has 1 aromatic rings. The number of hydrogen-bond acceptors (Lipinski definition) is 3. The molecule has 1 atom stereocenters. The van der Waals surface area contributed by atoms with Crippen LogP contribution in [0.2, 0.25) is 0 Å². The van der Waals surface area contributed by atoms with E-state index in [1.165, 1.54) is 37.1 Å². The first-order chi connectivity index (χ1) is 14.1. The Labute approximate surface area is 198 Å². The van der Waals surface area contributed by atoms with Gasteiger partial charge in [-0.1, -0.05) is 31.2 Å². The summed E-state index contributed by atoms with van der Waals surface area (Å²) in [4.78, 5) is 21.4. The molecule has 0 saturated carbocycles. The smallest absolute Gasteiger partial charge is 0.241 e. The Morgan fingerprint density at radius 3 is 2.43 bits per heavy atom. The first-order valence-electron chi connectivity index (χ1n) is 11.2. The average molecular weight is 527 g/mol. The van der Waals surface area contributed by atoms with E-state index in [2.05, 4.69) is 51.7 Å². The van der Waals surface area contributed by atoms with Crippen molar-refractivity contribution in [3.05, 3.63) is 35.4 Å². The summed E-state index contributed by atoms with van der Waals surface area (Å²) in [5.41, 5.74) is 2.55. The molecule has 1 unspecified atom stereocenters. The van der Waals surface area contributed by atoms with Crippen LogP contribution >= 0.6 is 24.0 Å². The van der Waals surface area contributed by atoms with Crippen molar-refractivity contribution in [2.45, 2.75) is 52.6 Å². The van der Waals surface area contributed by atoms with E-state index < -0.39 is 0 Å². The second-order valence-corrected chi connectivity index (χ2v) is 8.44. The van der Waals surface area contributed by atoms with Crippen molar-refractivity contribution in [3.8, 4) is 0 Å². The highest BCUT2D eigenvalue weighted by Crippen LogP contribution is 2.18. The number of carbonyl (C=O) groups is 1. The number of likely N-dealkylation sites (tertiary alicyclic amines) is 2. The largest absolute Gasteiger partial charge is 0.357 e. The molecule has 7 heteroatoms. The molecule has 0 aliphatic carbocycles. The Kier molecular flexibility index (Phi) is 10.9. The number of aliphatic imine (C=N–C) groups is 1. The lowest BCUT2D eigenvalue weighted by Gasteiger charge is -2.30. The third kappa shape index (κ3) is 8.06. The first kappa shape index (κ1) is 24.9. The summed E-state index contributed by atoms with van der Waals surface area (Å²) < 4.78 is 0. The molecule has 0 aromatic heterocycles. The minimum Gasteiger partial charge on any atom is -0.357 e. The third-order valence-electron chi connectivity index (χ3n) is 5.80. The zero-order valence-corrected chi connectivity index (χ0v) is 20.9. The minimum atomic E-state index is 0. The van der Waals surface area contributed by atoms with Gasteiger partial charge in [-0.15, -0.1) is 24.0 Å². The Morgan fingerprint density at radius 1 is 1.07 bits per heavy atom. The van der Waals surface area contributed by atoms with Crippen LogP contribution in [-0.2, 0) is 17.9 Å². The van der Waals surface area contributed by atoms with Crippen LogP contribution in [0.5, 0.6) is 0 Å². The van der Waals surface area contributed by atoms with E-state index in [4.69, 9.17) is 0 Å². The molecular formula is C23H38IN5O. The predicted octanol–water partition coefficient (Wildman–Crippen LogP) is 3.21. The number of carbonyl (C=O) groups excluding carboxylic acids is 1. The lowest BCUT2D eigenvalue weighted by molar-refractivity contribution is -0.128. The van der Waals surface area contributed by atoms with Crippen molar-refractivity contribution < 1.29 is 4.79 Å². The lowest BCUT2D eigenvalue weighted by atomic mass is 9.99. The molecule has 2 fully saturated rings. The van der Waals surface area contributed by atoms with Crippen LogP contribution in [0.15, 0.2) is 29.3 Å². The van der Waals surface area contributed by atoms with Gasteiger partial charge in [0.25, 0.3) is 0 Å². The van der Waals surface area contributed by atoms with Crippen molar-refractivity contribution in [2.75, 3.05) is 39.3 Å². The maximum Gasteiger partial charge on any atom is 0.241 e. The van der Waals surface area contributed by atoms with Crippen LogP contribution in [-0.4, -0.2) is 60.9 Å². The van der Waals surface area contributed by atoms with Crippen molar-refractivity contribution >= 4 is 35.8 Å². The van der Waals surface area contributed by atoms with E-state index in [1.54, 1.807) is 0 Å². The van der Waals surface area contributed by atoms with Gasteiger partial charge in [-0.25, -0.2) is 4.99 Å². The van der Waals surface area contributed by atoms with Crippen molar-refractivity contribution in [1.29, 1.82) is 0 Å². The highest BCUT2D eigenvalue weighted by Gasteiger charge is 2.18. The molecule has 0 bridgehead atoms. The first-order valence-corrected chi connectivity index (χ1v) is 11.2. The maximum absolute atomic E-state index is 12.2. The van der Waals surface area contributed by atoms with Crippen LogP contribution in [0.3, 0.4) is 0 Å². The second-order valence-electron chi connectivity index (χ2n) is 8.44. The highest BCUT2D eigenvalue weighted by molar-refractivity contribution is 14.0. The standard InChI is InChI=1S/C23H37N5O.HI/c1-3-24-23(26-16-22(29)28-13-4-5-14-28)25-15-20-8-10-21(11-9-20)18-27-12-6-7-19(2)17-27;/h8-11,19H,3-7,12-18H2,1-2H3,(H2,24,25,26);1H. The van der Waals surface area contributed by atoms with Gasteiger partial charge in [-0.2, -0.15) is 0 Å². The molecule has 2 heterocycles. The quantitative estimate of drug-likeness (QED) is 0.325. The molecule has 2 aliphatic heterocycles. The summed E-state index contributed by atoms with van der Waals surface area (Å²) in [5, 5.41) is 6.41. The van der Waals surface area contributed by atoms with Gasteiger partial charge in [-0.05, 0) is 56.2 Å². The second kappa shape index (κ2) is 13.1. The average Bonchev–Trinajstić information content (AvgIpc) is 3.26. The molecule has 30 heavy (non-hydrogen) atoms. The molecule has 1 amide bonds. The summed E-state index contributed by atoms with van der Waals surface area (Å²) in [7, 11) is 0. The Bertz CT molecular complexity index is 673. The van der Waals surface area contributed by atoms with Crippen LogP contribution in [0, 0.1) is 5.92 Å². The van der Waals surface area contributed by atoms with Gasteiger partial charge in [0.05, 0.1) is 13.1 Å². The van der Waals surface area contributed by atoms with Gasteiger partial charge in [-0.3, -0.25) is 9.69 Å². The van der Waals surface area contributed by atoms with E-state index in [-0.39, 0.29) is 29.9 Å². The van der Waals surface area contributed by atoms with Gasteiger partial charge in [0.15, 0.2) is 5.96 Å². The van der Waals surface area contributed by atoms with E-state index in [1.807, 2.05) is 11.8 Å². The van der Waals surface area contributed by atoms with Crippen LogP contribution in [0.1, 0.15) is 50.7 Å². The zero-order chi connectivity index (χ0) is 20.5. The molecule has 3 rings (SSSR count). The SMILES string of the molecule is CCNC(=NCc1ccc(CN2CCCC(C)C2)cc1)NCC(=O)N1CCCC1.I. The van der Waals surface area contributed by atoms with Gasteiger partial charge in [0.1, 0.15) is 0 Å². The number of nitrogens with zero attached hydrogens (tertiary/aromatic N) is 3. The van der Waals surface area contributed by atoms with E-state index in [0.717, 1.165) is 44.9 Å². The van der Waals surface area contributed by atoms with Crippen molar-refractivity contribution in [2.24, 2.45) is 10.9 Å². The summed E-state index contributed by atoms with van der Waals surface area (Å²) in [5.74, 6) is 1.67. The van der Waals surface area contributed by atoms with Crippen LogP contribution in [0.4, 0.5) is 0 Å². The number of guanidine groups is 1. The van der Waals surface area contributed by atoms with Gasteiger partial charge in [0, 0.05) is 32.7 Å². The predicted molar refractivity (Wildman–Crippen MR) is 134 cm³/mol. The molecule has 0 radical (unpaired) electrons. The molecule has 2 saturated heterocycles. The molecular weight excluding hydrogens is 489 g/mol. The Hall–Kier alpha value is -1.35. The number of halogens is 1. The number of rotatable bonds is 7. The minimum absolute atomic E-state index is 0. The molecule has 2 aliphatic rings. The summed E-state index contributed by atoms with van der Waals surface area (Å²) in [6.07, 6.45) is 4.91. The third-order valence-corrected chi connectivity index (χ3v) is 5.80. The fourth-order valence-corrected chi connectivity index (χ4v) is 4.19.